The van der Waals surface area contributed by atoms with Gasteiger partial charge in [-0.1, -0.05) is 64.8 Å². The van der Waals surface area contributed by atoms with E-state index in [1.165, 1.54) is 49.7 Å². The van der Waals surface area contributed by atoms with Crippen LogP contribution in [0.1, 0.15) is 157 Å². The van der Waals surface area contributed by atoms with Crippen molar-refractivity contribution in [1.29, 1.82) is 0 Å². The smallest absolute Gasteiger partial charge is 0.323 e. The molecule has 5 aliphatic carbocycles. The average Bonchev–Trinajstić information content (AvgIpc) is 3.81. The molecule has 0 bridgehead atoms. The Morgan fingerprint density at radius 3 is 2.02 bits per heavy atom. The lowest BCUT2D eigenvalue weighted by atomic mass is 9.46. The summed E-state index contributed by atoms with van der Waals surface area (Å²) in [6.45, 7) is 28.9. The van der Waals surface area contributed by atoms with Crippen molar-refractivity contribution < 1.29 is 39.4 Å². The van der Waals surface area contributed by atoms with E-state index in [-0.39, 0.29) is 40.7 Å². The molecule has 0 aromatic heterocycles. The number of aliphatic hydroxyl groups excluding tert-OH is 3. The largest absolute Gasteiger partial charge is 0.480 e. The molecule has 8 aliphatic rings. The lowest BCUT2D eigenvalue weighted by Gasteiger charge is -2.63. The lowest BCUT2D eigenvalue weighted by molar-refractivity contribution is -0.316. The number of carboxylic acids is 1. The maximum Gasteiger partial charge on any atom is 0.323 e. The second-order valence-corrected chi connectivity index (χ2v) is 23.7. The van der Waals surface area contributed by atoms with E-state index in [4.69, 9.17) is 14.2 Å². The Bertz CT molecular complexity index is 1570. The molecule has 10 heteroatoms. The molecule has 5 saturated carbocycles. The van der Waals surface area contributed by atoms with Crippen LogP contribution in [0.5, 0.6) is 0 Å². The SMILES string of the molecule is C=C1CCC2[C@](C)(CO)[C@H](O)CC[C@@]2(C)[C@@H]1CCN1CCC(CO)CC1.C=C1CCC2[C@]3(C)CO[C@@H](C4CCCC4)O[C@@H]3CC[C@@]2(C)[C@@H]1CCOC1CCN(C(C)(C)C(=O)O)CC1. The highest BCUT2D eigenvalue weighted by Gasteiger charge is 2.61. The van der Waals surface area contributed by atoms with Gasteiger partial charge in [-0.25, -0.2) is 0 Å². The number of hydrogen-bond donors (Lipinski definition) is 4. The molecule has 3 aliphatic heterocycles. The van der Waals surface area contributed by atoms with Crippen molar-refractivity contribution in [2.45, 2.75) is 187 Å². The van der Waals surface area contributed by atoms with Crippen molar-refractivity contribution in [3.05, 3.63) is 24.3 Å². The molecule has 4 N–H and O–H groups in total. The zero-order valence-electron chi connectivity index (χ0n) is 40.6. The number of carbonyl (C=O) groups is 1. The minimum atomic E-state index is -0.812. The van der Waals surface area contributed by atoms with E-state index in [0.717, 1.165) is 123 Å². The third kappa shape index (κ3) is 9.83. The van der Waals surface area contributed by atoms with Crippen molar-refractivity contribution in [2.75, 3.05) is 59.2 Å². The van der Waals surface area contributed by atoms with Gasteiger partial charge in [-0.15, -0.1) is 0 Å². The van der Waals surface area contributed by atoms with Crippen molar-refractivity contribution in [1.82, 2.24) is 9.80 Å². The zero-order valence-corrected chi connectivity index (χ0v) is 40.6. The van der Waals surface area contributed by atoms with Crippen LogP contribution in [0.25, 0.3) is 0 Å². The number of fused-ring (bicyclic) bond motifs is 4. The monoisotopic (exact) mass is 883 g/mol. The molecule has 0 aromatic rings. The fourth-order valence-corrected chi connectivity index (χ4v) is 15.4. The minimum absolute atomic E-state index is 0.0141. The molecule has 0 radical (unpaired) electrons. The molecule has 2 unspecified atom stereocenters. The first kappa shape index (κ1) is 49.5. The molecule has 3 saturated heterocycles. The quantitative estimate of drug-likeness (QED) is 0.141. The number of ether oxygens (including phenoxy) is 3. The molecule has 11 atom stereocenters. The van der Waals surface area contributed by atoms with Crippen LogP contribution in [0, 0.1) is 57.2 Å². The maximum atomic E-state index is 11.6. The summed E-state index contributed by atoms with van der Waals surface area (Å²) in [5.74, 6) is 2.23. The van der Waals surface area contributed by atoms with Crippen molar-refractivity contribution in [2.24, 2.45) is 57.2 Å². The Kier molecular flexibility index (Phi) is 15.8. The second kappa shape index (κ2) is 20.1. The maximum absolute atomic E-state index is 11.6. The summed E-state index contributed by atoms with van der Waals surface area (Å²) in [5.41, 5.74) is 2.01. The number of nitrogens with zero attached hydrogens (tertiary/aromatic N) is 2. The normalized spacial score (nSPS) is 41.3. The lowest BCUT2D eigenvalue weighted by Crippen LogP contribution is -2.62. The zero-order chi connectivity index (χ0) is 45.4. The van der Waals surface area contributed by atoms with Crippen LogP contribution in [-0.2, 0) is 19.0 Å². The van der Waals surface area contributed by atoms with Crippen molar-refractivity contribution >= 4 is 5.97 Å². The fourth-order valence-electron chi connectivity index (χ4n) is 15.4. The van der Waals surface area contributed by atoms with Gasteiger partial charge in [0.25, 0.3) is 0 Å². The minimum Gasteiger partial charge on any atom is -0.480 e. The standard InChI is InChI=1S/C31H51NO5.C22H39NO3/c1-21-10-11-25-30(4,16-12-26-31(25,5)20-36-27(37-26)22-8-6-7-9-22)24(21)15-19-35-23-13-17-32(18-14-23)29(2,3)28(33)34;1-16-4-5-19-21(2,10-6-20(26)22(19,3)15-25)18(16)9-13-23-11-7-17(14-24)8-12-23/h22-27H,1,6-20H2,2-5H3,(H,33,34);17-20,24-26H,1,4-15H2,2-3H3/t24-,25?,26-,27-,30+,31+;18-,19?,20-,21+,22+/m11/s1. The van der Waals surface area contributed by atoms with E-state index in [1.807, 2.05) is 0 Å². The van der Waals surface area contributed by atoms with E-state index in [1.54, 1.807) is 13.8 Å². The number of hydrogen-bond acceptors (Lipinski definition) is 9. The van der Waals surface area contributed by atoms with Crippen LogP contribution in [0.3, 0.4) is 0 Å². The number of aliphatic hydroxyl groups is 3. The van der Waals surface area contributed by atoms with Gasteiger partial charge in [-0.3, -0.25) is 9.69 Å². The molecular weight excluding hydrogens is 793 g/mol. The fraction of sp³-hybridized carbons (Fsp3) is 0.906. The van der Waals surface area contributed by atoms with E-state index >= 15 is 0 Å². The molecule has 0 aromatic carbocycles. The molecule has 63 heavy (non-hydrogen) atoms. The van der Waals surface area contributed by atoms with E-state index in [2.05, 4.69) is 50.7 Å². The Morgan fingerprint density at radius 2 is 1.40 bits per heavy atom. The summed E-state index contributed by atoms with van der Waals surface area (Å²) in [6.07, 6.45) is 20.0. The van der Waals surface area contributed by atoms with Crippen LogP contribution in [-0.4, -0.2) is 125 Å². The van der Waals surface area contributed by atoms with Crippen LogP contribution in [0.4, 0.5) is 0 Å². The molecule has 360 valence electrons. The Balaban J connectivity index is 0.000000201. The average molecular weight is 883 g/mol. The number of likely N-dealkylation sites (tertiary alicyclic amines) is 2. The first-order chi connectivity index (χ1) is 29.9. The Labute approximate surface area is 381 Å². The summed E-state index contributed by atoms with van der Waals surface area (Å²) >= 11 is 0. The van der Waals surface area contributed by atoms with Gasteiger partial charge in [0.1, 0.15) is 5.54 Å². The van der Waals surface area contributed by atoms with Crippen molar-refractivity contribution in [3.8, 4) is 0 Å². The third-order valence-electron chi connectivity index (χ3n) is 19.9. The number of aliphatic carboxylic acids is 1. The molecule has 3 heterocycles. The van der Waals surface area contributed by atoms with Gasteiger partial charge >= 0.3 is 5.97 Å². The predicted octanol–water partition coefficient (Wildman–Crippen LogP) is 8.86. The summed E-state index contributed by atoms with van der Waals surface area (Å²) < 4.78 is 19.6. The molecule has 10 nitrogen and oxygen atoms in total. The highest BCUT2D eigenvalue weighted by atomic mass is 16.7. The molecule has 0 amide bonds. The van der Waals surface area contributed by atoms with Gasteiger partial charge in [0, 0.05) is 43.1 Å². The van der Waals surface area contributed by atoms with Gasteiger partial charge in [-0.2, -0.15) is 0 Å². The molecular formula is C53H90N2O8. The first-order valence-corrected chi connectivity index (χ1v) is 25.7. The Hall–Kier alpha value is -1.37. The van der Waals surface area contributed by atoms with Crippen molar-refractivity contribution in [3.63, 3.8) is 0 Å². The van der Waals surface area contributed by atoms with Crippen LogP contribution >= 0.6 is 0 Å². The number of carboxylic acid groups (broad SMARTS) is 1. The molecule has 8 fully saturated rings. The van der Waals surface area contributed by atoms with E-state index in [0.29, 0.717) is 48.2 Å². The highest BCUT2D eigenvalue weighted by Crippen LogP contribution is 2.64. The summed E-state index contributed by atoms with van der Waals surface area (Å²) in [6, 6.07) is 0. The van der Waals surface area contributed by atoms with Crippen LogP contribution in [0.2, 0.25) is 0 Å². The summed E-state index contributed by atoms with van der Waals surface area (Å²) in [5, 5.41) is 39.6. The summed E-state index contributed by atoms with van der Waals surface area (Å²) in [7, 11) is 0. The third-order valence-corrected chi connectivity index (χ3v) is 19.9. The van der Waals surface area contributed by atoms with E-state index in [9.17, 15) is 25.2 Å². The number of piperidine rings is 2. The second-order valence-electron chi connectivity index (χ2n) is 23.7. The Morgan fingerprint density at radius 1 is 0.794 bits per heavy atom. The summed E-state index contributed by atoms with van der Waals surface area (Å²) in [4.78, 5) is 16.2. The first-order valence-electron chi connectivity index (χ1n) is 25.7. The van der Waals surface area contributed by atoms with Crippen LogP contribution in [0.15, 0.2) is 24.3 Å². The van der Waals surface area contributed by atoms with Gasteiger partial charge in [-0.05, 0) is 177 Å². The van der Waals surface area contributed by atoms with Gasteiger partial charge in [0.05, 0.1) is 31.5 Å². The van der Waals surface area contributed by atoms with E-state index < -0.39 is 17.6 Å². The number of rotatable bonds is 12. The van der Waals surface area contributed by atoms with Gasteiger partial charge in [0.2, 0.25) is 0 Å². The van der Waals surface area contributed by atoms with Gasteiger partial charge < -0.3 is 39.5 Å². The molecule has 8 rings (SSSR count). The predicted molar refractivity (Wildman–Crippen MR) is 249 cm³/mol. The topological polar surface area (TPSA) is 132 Å². The molecule has 0 spiro atoms. The highest BCUT2D eigenvalue weighted by molar-refractivity contribution is 5.77. The number of allylic oxidation sites excluding steroid dienone is 2. The van der Waals surface area contributed by atoms with Crippen LogP contribution < -0.4 is 0 Å². The van der Waals surface area contributed by atoms with Gasteiger partial charge in [0.15, 0.2) is 6.29 Å².